The quantitative estimate of drug-likeness (QED) is 0.471. The monoisotopic (exact) mass is 375 g/mol. The molecule has 0 N–H and O–H groups in total. The van der Waals surface area contributed by atoms with Crippen LogP contribution in [0.15, 0.2) is 66.2 Å². The number of carbonyl (C=O) groups is 1. The van der Waals surface area contributed by atoms with Gasteiger partial charge in [-0.3, -0.25) is 4.79 Å². The number of esters is 1. The number of carbonyl (C=O) groups excluding carboxylic acids is 1. The summed E-state index contributed by atoms with van der Waals surface area (Å²) in [5.74, 6) is 0.899. The Kier molecular flexibility index (Phi) is 5.56. The van der Waals surface area contributed by atoms with Crippen molar-refractivity contribution in [1.29, 1.82) is 5.26 Å². The van der Waals surface area contributed by atoms with E-state index in [1.807, 2.05) is 50.2 Å². The van der Waals surface area contributed by atoms with Crippen LogP contribution in [0.1, 0.15) is 39.4 Å². The van der Waals surface area contributed by atoms with E-state index in [0.717, 1.165) is 0 Å². The molecule has 2 aromatic carbocycles. The highest BCUT2D eigenvalue weighted by Gasteiger charge is 2.61. The standard InChI is InChI=1S/C24H25NO3/c1-16(2)13-20-22(24(20,3)4)23(26)28-21(15-25)17-9-8-12-19(14-17)27-18-10-6-5-7-11-18/h5-14,20-22H,1-4H3. The van der Waals surface area contributed by atoms with E-state index < -0.39 is 6.10 Å². The Morgan fingerprint density at radius 3 is 2.43 bits per heavy atom. The number of hydrogen-bond donors (Lipinski definition) is 0. The van der Waals surface area contributed by atoms with Gasteiger partial charge >= 0.3 is 5.97 Å². The first-order chi connectivity index (χ1) is 13.3. The number of nitriles is 1. The maximum absolute atomic E-state index is 12.7. The molecule has 1 fully saturated rings. The van der Waals surface area contributed by atoms with Crippen molar-refractivity contribution in [3.8, 4) is 17.6 Å². The second-order valence-corrected chi connectivity index (χ2v) is 8.00. The molecule has 0 radical (unpaired) electrons. The Morgan fingerprint density at radius 2 is 1.79 bits per heavy atom. The molecule has 3 unspecified atom stereocenters. The van der Waals surface area contributed by atoms with E-state index in [-0.39, 0.29) is 23.2 Å². The fourth-order valence-corrected chi connectivity index (χ4v) is 3.52. The topological polar surface area (TPSA) is 59.3 Å². The van der Waals surface area contributed by atoms with Crippen LogP contribution in [0.4, 0.5) is 0 Å². The highest BCUT2D eigenvalue weighted by Crippen LogP contribution is 2.60. The van der Waals surface area contributed by atoms with Gasteiger partial charge in [0.1, 0.15) is 17.6 Å². The van der Waals surface area contributed by atoms with Gasteiger partial charge < -0.3 is 9.47 Å². The van der Waals surface area contributed by atoms with Crippen LogP contribution in [-0.4, -0.2) is 5.97 Å². The molecule has 0 amide bonds. The van der Waals surface area contributed by atoms with Gasteiger partial charge in [0.2, 0.25) is 6.10 Å². The molecule has 2 aromatic rings. The molecule has 1 aliphatic rings. The van der Waals surface area contributed by atoms with Gasteiger partial charge in [-0.05, 0) is 49.4 Å². The molecule has 1 saturated carbocycles. The third-order valence-corrected chi connectivity index (χ3v) is 5.17. The Labute approximate surface area is 166 Å². The van der Waals surface area contributed by atoms with Crippen LogP contribution >= 0.6 is 0 Å². The van der Waals surface area contributed by atoms with Crippen molar-refractivity contribution in [2.75, 3.05) is 0 Å². The van der Waals surface area contributed by atoms with Gasteiger partial charge in [0.25, 0.3) is 0 Å². The Bertz CT molecular complexity index is 920. The summed E-state index contributed by atoms with van der Waals surface area (Å²) in [4.78, 5) is 12.7. The van der Waals surface area contributed by atoms with Crippen molar-refractivity contribution in [2.24, 2.45) is 17.3 Å². The van der Waals surface area contributed by atoms with Gasteiger partial charge in [-0.25, -0.2) is 0 Å². The summed E-state index contributed by atoms with van der Waals surface area (Å²) in [7, 11) is 0. The van der Waals surface area contributed by atoms with Crippen LogP contribution in [0, 0.1) is 28.6 Å². The summed E-state index contributed by atoms with van der Waals surface area (Å²) in [6.07, 6.45) is 1.15. The third-order valence-electron chi connectivity index (χ3n) is 5.17. The molecule has 0 saturated heterocycles. The zero-order valence-corrected chi connectivity index (χ0v) is 16.7. The molecule has 4 heteroatoms. The Hall–Kier alpha value is -3.06. The van der Waals surface area contributed by atoms with Gasteiger partial charge in [-0.15, -0.1) is 0 Å². The first kappa shape index (κ1) is 19.7. The van der Waals surface area contributed by atoms with Crippen molar-refractivity contribution in [3.05, 3.63) is 71.8 Å². The van der Waals surface area contributed by atoms with Crippen molar-refractivity contribution in [2.45, 2.75) is 33.8 Å². The van der Waals surface area contributed by atoms with Crippen LogP contribution < -0.4 is 4.74 Å². The zero-order chi connectivity index (χ0) is 20.3. The van der Waals surface area contributed by atoms with E-state index in [4.69, 9.17) is 9.47 Å². The summed E-state index contributed by atoms with van der Waals surface area (Å²) in [6.45, 7) is 8.15. The number of nitrogens with zero attached hydrogens (tertiary/aromatic N) is 1. The number of para-hydroxylation sites is 1. The smallest absolute Gasteiger partial charge is 0.311 e. The molecule has 28 heavy (non-hydrogen) atoms. The van der Waals surface area contributed by atoms with E-state index in [0.29, 0.717) is 17.1 Å². The second kappa shape index (κ2) is 7.90. The van der Waals surface area contributed by atoms with Gasteiger partial charge in [0.05, 0.1) is 5.92 Å². The lowest BCUT2D eigenvalue weighted by Gasteiger charge is -2.13. The molecule has 1 aliphatic carbocycles. The lowest BCUT2D eigenvalue weighted by molar-refractivity contribution is -0.149. The van der Waals surface area contributed by atoms with Gasteiger partial charge in [-0.1, -0.05) is 55.8 Å². The predicted molar refractivity (Wildman–Crippen MR) is 108 cm³/mol. The van der Waals surface area contributed by atoms with Crippen LogP contribution in [-0.2, 0) is 9.53 Å². The second-order valence-electron chi connectivity index (χ2n) is 8.00. The maximum Gasteiger partial charge on any atom is 0.311 e. The minimum atomic E-state index is -0.962. The molecule has 0 aromatic heterocycles. The lowest BCUT2D eigenvalue weighted by Crippen LogP contribution is -2.14. The van der Waals surface area contributed by atoms with Crippen molar-refractivity contribution >= 4 is 5.97 Å². The number of benzene rings is 2. The molecule has 4 nitrogen and oxygen atoms in total. The normalized spacial score (nSPS) is 20.4. The molecule has 0 heterocycles. The highest BCUT2D eigenvalue weighted by atomic mass is 16.5. The van der Waals surface area contributed by atoms with Gasteiger partial charge in [0, 0.05) is 5.56 Å². The molecular formula is C24H25NO3. The summed E-state index contributed by atoms with van der Waals surface area (Å²) < 4.78 is 11.4. The molecule has 0 spiro atoms. The summed E-state index contributed by atoms with van der Waals surface area (Å²) in [5.41, 5.74) is 1.63. The van der Waals surface area contributed by atoms with Crippen LogP contribution in [0.5, 0.6) is 11.5 Å². The van der Waals surface area contributed by atoms with Crippen LogP contribution in [0.25, 0.3) is 0 Å². The summed E-state index contributed by atoms with van der Waals surface area (Å²) >= 11 is 0. The average molecular weight is 375 g/mol. The molecule has 0 bridgehead atoms. The Morgan fingerprint density at radius 1 is 1.11 bits per heavy atom. The fraction of sp³-hybridized carbons (Fsp3) is 0.333. The van der Waals surface area contributed by atoms with E-state index >= 15 is 0 Å². The summed E-state index contributed by atoms with van der Waals surface area (Å²) in [5, 5.41) is 9.57. The number of ether oxygens (including phenoxy) is 2. The van der Waals surface area contributed by atoms with E-state index in [2.05, 4.69) is 26.0 Å². The predicted octanol–water partition coefficient (Wildman–Crippen LogP) is 5.83. The van der Waals surface area contributed by atoms with E-state index in [9.17, 15) is 10.1 Å². The third kappa shape index (κ3) is 4.26. The molecule has 3 atom stereocenters. The maximum atomic E-state index is 12.7. The van der Waals surface area contributed by atoms with E-state index in [1.165, 1.54) is 5.57 Å². The average Bonchev–Trinajstić information content (AvgIpc) is 3.20. The fourth-order valence-electron chi connectivity index (χ4n) is 3.52. The number of allylic oxidation sites excluding steroid dienone is 2. The summed E-state index contributed by atoms with van der Waals surface area (Å²) in [6, 6.07) is 18.6. The van der Waals surface area contributed by atoms with Gasteiger partial charge in [-0.2, -0.15) is 5.26 Å². The SMILES string of the molecule is CC(C)=CC1C(C(=O)OC(C#N)c2cccc(Oc3ccccc3)c2)C1(C)C. The minimum Gasteiger partial charge on any atom is -0.457 e. The van der Waals surface area contributed by atoms with Gasteiger partial charge in [0.15, 0.2) is 0 Å². The molecule has 3 rings (SSSR count). The van der Waals surface area contributed by atoms with Crippen molar-refractivity contribution < 1.29 is 14.3 Å². The van der Waals surface area contributed by atoms with Crippen molar-refractivity contribution in [1.82, 2.24) is 0 Å². The van der Waals surface area contributed by atoms with Crippen LogP contribution in [0.2, 0.25) is 0 Å². The van der Waals surface area contributed by atoms with Crippen LogP contribution in [0.3, 0.4) is 0 Å². The minimum absolute atomic E-state index is 0.146. The van der Waals surface area contributed by atoms with Crippen molar-refractivity contribution in [3.63, 3.8) is 0 Å². The lowest BCUT2D eigenvalue weighted by atomic mass is 10.1. The van der Waals surface area contributed by atoms with E-state index in [1.54, 1.807) is 18.2 Å². The number of rotatable bonds is 6. The molecule has 144 valence electrons. The zero-order valence-electron chi connectivity index (χ0n) is 16.7. The highest BCUT2D eigenvalue weighted by molar-refractivity contribution is 5.78. The molecule has 0 aliphatic heterocycles. The number of hydrogen-bond acceptors (Lipinski definition) is 4. The first-order valence-electron chi connectivity index (χ1n) is 9.41. The Balaban J connectivity index is 1.72. The molecular weight excluding hydrogens is 350 g/mol. The largest absolute Gasteiger partial charge is 0.457 e. The first-order valence-corrected chi connectivity index (χ1v) is 9.41.